The second-order valence-electron chi connectivity index (χ2n) is 12.5. The summed E-state index contributed by atoms with van der Waals surface area (Å²) in [6.45, 7) is 8.78. The predicted molar refractivity (Wildman–Crippen MR) is 161 cm³/mol. The third-order valence-corrected chi connectivity index (χ3v) is 7.40. The fourth-order valence-electron chi connectivity index (χ4n) is 5.16. The molecular formula is C32H41N5O6. The van der Waals surface area contributed by atoms with Crippen molar-refractivity contribution in [2.45, 2.75) is 71.2 Å². The second kappa shape index (κ2) is 12.9. The van der Waals surface area contributed by atoms with Gasteiger partial charge < -0.3 is 25.0 Å². The summed E-state index contributed by atoms with van der Waals surface area (Å²) < 4.78 is 11.2. The zero-order chi connectivity index (χ0) is 31.3. The molecule has 1 fully saturated rings. The first kappa shape index (κ1) is 31.7. The highest BCUT2D eigenvalue weighted by molar-refractivity contribution is 6.13. The molecule has 43 heavy (non-hydrogen) atoms. The van der Waals surface area contributed by atoms with Gasteiger partial charge in [-0.2, -0.15) is 5.10 Å². The molecule has 0 spiro atoms. The molecule has 0 saturated carbocycles. The van der Waals surface area contributed by atoms with E-state index >= 15 is 0 Å². The van der Waals surface area contributed by atoms with Crippen LogP contribution in [0.5, 0.6) is 0 Å². The number of piperidine rings is 1. The van der Waals surface area contributed by atoms with Crippen LogP contribution in [0.3, 0.4) is 0 Å². The molecule has 1 unspecified atom stereocenters. The maximum Gasteiger partial charge on any atom is 0.408 e. The number of carbonyl (C=O) groups is 4. The molecule has 11 heteroatoms. The highest BCUT2D eigenvalue weighted by atomic mass is 16.6. The van der Waals surface area contributed by atoms with Gasteiger partial charge in [0.25, 0.3) is 5.91 Å². The Morgan fingerprint density at radius 1 is 1.00 bits per heavy atom. The number of alkyl carbamates (subject to hydrolysis) is 1. The highest BCUT2D eigenvalue weighted by Crippen LogP contribution is 2.35. The lowest BCUT2D eigenvalue weighted by Crippen LogP contribution is -2.63. The van der Waals surface area contributed by atoms with Gasteiger partial charge in [0.15, 0.2) is 0 Å². The van der Waals surface area contributed by atoms with E-state index in [4.69, 9.17) is 9.47 Å². The first-order chi connectivity index (χ1) is 20.3. The third-order valence-electron chi connectivity index (χ3n) is 7.40. The Morgan fingerprint density at radius 3 is 2.26 bits per heavy atom. The van der Waals surface area contributed by atoms with Gasteiger partial charge in [0, 0.05) is 19.5 Å². The molecule has 2 aliphatic heterocycles. The van der Waals surface area contributed by atoms with Gasteiger partial charge in [0.1, 0.15) is 22.6 Å². The van der Waals surface area contributed by atoms with Crippen LogP contribution >= 0.6 is 0 Å². The summed E-state index contributed by atoms with van der Waals surface area (Å²) in [5, 5.41) is 9.66. The third kappa shape index (κ3) is 7.98. The summed E-state index contributed by atoms with van der Waals surface area (Å²) in [5.41, 5.74) is 2.04. The van der Waals surface area contributed by atoms with Crippen molar-refractivity contribution in [1.29, 1.82) is 0 Å². The van der Waals surface area contributed by atoms with Crippen LogP contribution < -0.4 is 16.1 Å². The van der Waals surface area contributed by atoms with E-state index in [1.54, 1.807) is 25.7 Å². The van der Waals surface area contributed by atoms with Crippen LogP contribution in [0.15, 0.2) is 65.8 Å². The number of hydrogen-bond acceptors (Lipinski definition) is 7. The van der Waals surface area contributed by atoms with Gasteiger partial charge >= 0.3 is 6.09 Å². The first-order valence-electron chi connectivity index (χ1n) is 14.4. The van der Waals surface area contributed by atoms with Crippen molar-refractivity contribution < 1.29 is 28.7 Å². The standard InChI is InChI=1S/C32H41N5O6/c1-30(2,3)43-29(41)34-31(4,5)27(39)33-24(20-42-19-23-14-10-7-11-15-23)26(38)37-17-16-25-32(21-37,28(40)36-35-25)18-22-12-8-6-9-13-22/h6-15,24H,16-21H2,1-5H3,(H,33,39)(H,34,41)(H,36,40)/t24-,32?/m1/s1. The van der Waals surface area contributed by atoms with Crippen molar-refractivity contribution in [3.05, 3.63) is 71.8 Å². The summed E-state index contributed by atoms with van der Waals surface area (Å²) in [6, 6.07) is 18.0. The van der Waals surface area contributed by atoms with Crippen LogP contribution in [0, 0.1) is 5.41 Å². The fraction of sp³-hybridized carbons (Fsp3) is 0.469. The number of nitrogens with zero attached hydrogens (tertiary/aromatic N) is 2. The first-order valence-corrected chi connectivity index (χ1v) is 14.4. The molecule has 11 nitrogen and oxygen atoms in total. The lowest BCUT2D eigenvalue weighted by molar-refractivity contribution is -0.142. The van der Waals surface area contributed by atoms with Crippen molar-refractivity contribution in [2.24, 2.45) is 10.5 Å². The van der Waals surface area contributed by atoms with Crippen LogP contribution in [-0.2, 0) is 36.9 Å². The van der Waals surface area contributed by atoms with E-state index in [9.17, 15) is 19.2 Å². The Kier molecular flexibility index (Phi) is 9.54. The summed E-state index contributed by atoms with van der Waals surface area (Å²) in [6.07, 6.45) is 0.0411. The van der Waals surface area contributed by atoms with E-state index < -0.39 is 34.6 Å². The molecule has 230 valence electrons. The van der Waals surface area contributed by atoms with Crippen LogP contribution in [0.2, 0.25) is 0 Å². The largest absolute Gasteiger partial charge is 0.444 e. The summed E-state index contributed by atoms with van der Waals surface area (Å²) in [5.74, 6) is -1.23. The zero-order valence-corrected chi connectivity index (χ0v) is 25.4. The quantitative estimate of drug-likeness (QED) is 0.389. The molecule has 0 radical (unpaired) electrons. The maximum atomic E-state index is 14.1. The van der Waals surface area contributed by atoms with Crippen molar-refractivity contribution in [3.63, 3.8) is 0 Å². The number of amides is 4. The summed E-state index contributed by atoms with van der Waals surface area (Å²) in [7, 11) is 0. The molecular weight excluding hydrogens is 550 g/mol. The Morgan fingerprint density at radius 2 is 1.63 bits per heavy atom. The molecule has 0 aromatic heterocycles. The Balaban J connectivity index is 1.52. The molecule has 2 aromatic carbocycles. The number of likely N-dealkylation sites (tertiary alicyclic amines) is 1. The molecule has 2 aliphatic rings. The van der Waals surface area contributed by atoms with Gasteiger partial charge in [-0.25, -0.2) is 10.2 Å². The SMILES string of the molecule is CC(C)(C)OC(=O)NC(C)(C)C(=O)N[C@H](COCc1ccccc1)C(=O)N1CCC2=NNC(=O)C2(Cc2ccccc2)C1. The maximum absolute atomic E-state index is 14.1. The molecule has 4 rings (SSSR count). The van der Waals surface area contributed by atoms with Crippen LogP contribution in [0.4, 0.5) is 4.79 Å². The van der Waals surface area contributed by atoms with E-state index in [2.05, 4.69) is 21.2 Å². The molecule has 2 atom stereocenters. The monoisotopic (exact) mass is 591 g/mol. The van der Waals surface area contributed by atoms with E-state index in [1.807, 2.05) is 60.7 Å². The normalized spacial score (nSPS) is 19.0. The van der Waals surface area contributed by atoms with Crippen LogP contribution in [0.25, 0.3) is 0 Å². The molecule has 3 N–H and O–H groups in total. The Hall–Kier alpha value is -4.25. The minimum atomic E-state index is -1.40. The van der Waals surface area contributed by atoms with E-state index in [0.29, 0.717) is 25.1 Å². The average Bonchev–Trinajstić information content (AvgIpc) is 3.26. The van der Waals surface area contributed by atoms with Gasteiger partial charge in [-0.15, -0.1) is 0 Å². The molecule has 4 amide bonds. The number of hydrogen-bond donors (Lipinski definition) is 3. The smallest absolute Gasteiger partial charge is 0.408 e. The van der Waals surface area contributed by atoms with Gasteiger partial charge in [-0.3, -0.25) is 14.4 Å². The lowest BCUT2D eigenvalue weighted by atomic mass is 9.73. The van der Waals surface area contributed by atoms with Crippen molar-refractivity contribution in [1.82, 2.24) is 21.0 Å². The topological polar surface area (TPSA) is 138 Å². The molecule has 2 aromatic rings. The number of rotatable bonds is 10. The summed E-state index contributed by atoms with van der Waals surface area (Å²) >= 11 is 0. The zero-order valence-electron chi connectivity index (χ0n) is 25.4. The van der Waals surface area contributed by atoms with Gasteiger partial charge in [0.2, 0.25) is 11.8 Å². The molecule has 2 heterocycles. The van der Waals surface area contributed by atoms with E-state index in [-0.39, 0.29) is 31.6 Å². The van der Waals surface area contributed by atoms with Gasteiger partial charge in [0.05, 0.1) is 18.9 Å². The fourth-order valence-corrected chi connectivity index (χ4v) is 5.16. The van der Waals surface area contributed by atoms with Crippen molar-refractivity contribution in [2.75, 3.05) is 19.7 Å². The molecule has 1 saturated heterocycles. The van der Waals surface area contributed by atoms with Gasteiger partial charge in [-0.1, -0.05) is 60.7 Å². The molecule has 0 bridgehead atoms. The number of carbonyl (C=O) groups excluding carboxylic acids is 4. The highest BCUT2D eigenvalue weighted by Gasteiger charge is 2.52. The minimum Gasteiger partial charge on any atom is -0.444 e. The van der Waals surface area contributed by atoms with E-state index in [1.165, 1.54) is 13.8 Å². The number of ether oxygens (including phenoxy) is 2. The van der Waals surface area contributed by atoms with Crippen LogP contribution in [-0.4, -0.2) is 71.3 Å². The second-order valence-corrected chi connectivity index (χ2v) is 12.5. The van der Waals surface area contributed by atoms with E-state index in [0.717, 1.165) is 11.1 Å². The average molecular weight is 592 g/mol. The Bertz CT molecular complexity index is 1360. The van der Waals surface area contributed by atoms with Gasteiger partial charge in [-0.05, 0) is 52.2 Å². The number of hydrazone groups is 1. The minimum absolute atomic E-state index is 0.107. The van der Waals surface area contributed by atoms with Crippen molar-refractivity contribution >= 4 is 29.5 Å². The lowest BCUT2D eigenvalue weighted by Gasteiger charge is -2.40. The number of fused-ring (bicyclic) bond motifs is 1. The number of benzene rings is 2. The predicted octanol–water partition coefficient (Wildman–Crippen LogP) is 2.94. The summed E-state index contributed by atoms with van der Waals surface area (Å²) in [4.78, 5) is 54.7. The molecule has 0 aliphatic carbocycles. The Labute approximate surface area is 252 Å². The van der Waals surface area contributed by atoms with Crippen LogP contribution in [0.1, 0.15) is 52.2 Å². The number of nitrogens with one attached hydrogen (secondary N) is 3. The van der Waals surface area contributed by atoms with Crippen molar-refractivity contribution in [3.8, 4) is 0 Å².